The van der Waals surface area contributed by atoms with Gasteiger partial charge in [-0.1, -0.05) is 33.6 Å². The molecule has 5 heteroatoms. The third-order valence-corrected chi connectivity index (χ3v) is 5.55. The lowest BCUT2D eigenvalue weighted by atomic mass is 9.94. The number of rotatable bonds is 6. The number of carbonyl (C=O) groups excluding carboxylic acids is 2. The molecule has 0 N–H and O–H groups in total. The summed E-state index contributed by atoms with van der Waals surface area (Å²) >= 11 is 0. The van der Waals surface area contributed by atoms with Crippen LogP contribution >= 0.6 is 0 Å². The summed E-state index contributed by atoms with van der Waals surface area (Å²) in [6, 6.07) is 0.0142. The van der Waals surface area contributed by atoms with Crippen molar-refractivity contribution in [2.45, 2.75) is 58.9 Å². The van der Waals surface area contributed by atoms with Gasteiger partial charge in [-0.2, -0.15) is 0 Å². The van der Waals surface area contributed by atoms with Crippen molar-refractivity contribution in [3.63, 3.8) is 0 Å². The zero-order chi connectivity index (χ0) is 17.7. The van der Waals surface area contributed by atoms with E-state index in [1.165, 1.54) is 25.7 Å². The summed E-state index contributed by atoms with van der Waals surface area (Å²) in [4.78, 5) is 31.5. The Morgan fingerprint density at radius 2 is 1.67 bits per heavy atom. The molecule has 2 amide bonds. The number of hydrogen-bond donors (Lipinski definition) is 0. The SMILES string of the molecule is CCCN(C)C(=O)C(C1CCCC1)N1CCN(C(=O)C(C)C)CC1. The molecule has 1 saturated heterocycles. The highest BCUT2D eigenvalue weighted by Crippen LogP contribution is 2.32. The van der Waals surface area contributed by atoms with Crippen LogP contribution in [-0.4, -0.2) is 72.3 Å². The first-order valence-electron chi connectivity index (χ1n) is 9.73. The van der Waals surface area contributed by atoms with Crippen LogP contribution < -0.4 is 0 Å². The molecule has 1 heterocycles. The van der Waals surface area contributed by atoms with E-state index in [0.29, 0.717) is 5.92 Å². The highest BCUT2D eigenvalue weighted by molar-refractivity contribution is 5.82. The normalized spacial score (nSPS) is 21.3. The zero-order valence-electron chi connectivity index (χ0n) is 16.0. The van der Waals surface area contributed by atoms with Crippen LogP contribution in [-0.2, 0) is 9.59 Å². The minimum atomic E-state index is 0.0142. The van der Waals surface area contributed by atoms with Crippen molar-refractivity contribution in [2.75, 3.05) is 39.8 Å². The third kappa shape index (κ3) is 4.50. The Balaban J connectivity index is 2.03. The largest absolute Gasteiger partial charge is 0.344 e. The molecule has 2 rings (SSSR count). The van der Waals surface area contributed by atoms with Gasteiger partial charge in [0.25, 0.3) is 0 Å². The Morgan fingerprint density at radius 1 is 1.08 bits per heavy atom. The van der Waals surface area contributed by atoms with Crippen molar-refractivity contribution >= 4 is 11.8 Å². The van der Waals surface area contributed by atoms with Gasteiger partial charge in [-0.15, -0.1) is 0 Å². The highest BCUT2D eigenvalue weighted by atomic mass is 16.2. The average molecular weight is 338 g/mol. The first-order chi connectivity index (χ1) is 11.5. The lowest BCUT2D eigenvalue weighted by molar-refractivity contribution is -0.141. The predicted octanol–water partition coefficient (Wildman–Crippen LogP) is 2.21. The number of likely N-dealkylation sites (N-methyl/N-ethyl adjacent to an activating group) is 1. The molecular weight excluding hydrogens is 302 g/mol. The summed E-state index contributed by atoms with van der Waals surface area (Å²) in [6.45, 7) is 10.0. The van der Waals surface area contributed by atoms with Crippen molar-refractivity contribution in [1.29, 1.82) is 0 Å². The minimum Gasteiger partial charge on any atom is -0.344 e. The lowest BCUT2D eigenvalue weighted by Gasteiger charge is -2.42. The molecule has 1 atom stereocenters. The number of amides is 2. The number of nitrogens with zero attached hydrogens (tertiary/aromatic N) is 3. The van der Waals surface area contributed by atoms with Gasteiger partial charge < -0.3 is 9.80 Å². The second-order valence-electron chi connectivity index (χ2n) is 7.77. The summed E-state index contributed by atoms with van der Waals surface area (Å²) < 4.78 is 0. The van der Waals surface area contributed by atoms with Crippen molar-refractivity contribution in [3.8, 4) is 0 Å². The minimum absolute atomic E-state index is 0.0142. The zero-order valence-corrected chi connectivity index (χ0v) is 16.0. The monoisotopic (exact) mass is 337 g/mol. The average Bonchev–Trinajstić information content (AvgIpc) is 3.09. The maximum Gasteiger partial charge on any atom is 0.239 e. The summed E-state index contributed by atoms with van der Waals surface area (Å²) in [5.41, 5.74) is 0. The van der Waals surface area contributed by atoms with Gasteiger partial charge in [0.05, 0.1) is 6.04 Å². The summed E-state index contributed by atoms with van der Waals surface area (Å²) in [5.74, 6) is 1.07. The Morgan fingerprint density at radius 3 is 2.17 bits per heavy atom. The van der Waals surface area contributed by atoms with Gasteiger partial charge in [0, 0.05) is 45.7 Å². The van der Waals surface area contributed by atoms with Gasteiger partial charge in [0.15, 0.2) is 0 Å². The summed E-state index contributed by atoms with van der Waals surface area (Å²) in [7, 11) is 1.94. The van der Waals surface area contributed by atoms with Crippen molar-refractivity contribution in [3.05, 3.63) is 0 Å². The second kappa shape index (κ2) is 8.84. The molecule has 0 aromatic rings. The molecule has 2 aliphatic rings. The fourth-order valence-corrected chi connectivity index (χ4v) is 4.19. The molecule has 1 aliphatic carbocycles. The first-order valence-corrected chi connectivity index (χ1v) is 9.73. The fourth-order valence-electron chi connectivity index (χ4n) is 4.19. The Labute approximate surface area is 147 Å². The van der Waals surface area contributed by atoms with Crippen LogP contribution in [0.25, 0.3) is 0 Å². The molecule has 138 valence electrons. The topological polar surface area (TPSA) is 43.9 Å². The number of hydrogen-bond acceptors (Lipinski definition) is 3. The van der Waals surface area contributed by atoms with Crippen LogP contribution in [0.1, 0.15) is 52.9 Å². The summed E-state index contributed by atoms with van der Waals surface area (Å²) in [6.07, 6.45) is 5.83. The molecule has 0 radical (unpaired) electrons. The van der Waals surface area contributed by atoms with E-state index in [0.717, 1.165) is 39.1 Å². The van der Waals surface area contributed by atoms with Crippen LogP contribution in [0.3, 0.4) is 0 Å². The van der Waals surface area contributed by atoms with Crippen molar-refractivity contribution in [1.82, 2.24) is 14.7 Å². The number of piperazine rings is 1. The van der Waals surface area contributed by atoms with Gasteiger partial charge >= 0.3 is 0 Å². The van der Waals surface area contributed by atoms with Gasteiger partial charge in [0.1, 0.15) is 0 Å². The van der Waals surface area contributed by atoms with Crippen molar-refractivity contribution in [2.24, 2.45) is 11.8 Å². The molecule has 0 aromatic carbocycles. The maximum absolute atomic E-state index is 13.0. The van der Waals surface area contributed by atoms with E-state index in [1.807, 2.05) is 30.7 Å². The van der Waals surface area contributed by atoms with E-state index in [-0.39, 0.29) is 23.8 Å². The van der Waals surface area contributed by atoms with Gasteiger partial charge in [-0.3, -0.25) is 14.5 Å². The molecule has 2 fully saturated rings. The number of carbonyl (C=O) groups is 2. The lowest BCUT2D eigenvalue weighted by Crippen LogP contribution is -2.58. The molecule has 0 aromatic heterocycles. The Kier molecular flexibility index (Phi) is 7.08. The third-order valence-electron chi connectivity index (χ3n) is 5.55. The van der Waals surface area contributed by atoms with Crippen molar-refractivity contribution < 1.29 is 9.59 Å². The molecule has 0 spiro atoms. The van der Waals surface area contributed by atoms with Crippen LogP contribution in [0.2, 0.25) is 0 Å². The van der Waals surface area contributed by atoms with Crippen LogP contribution in [0.4, 0.5) is 0 Å². The standard InChI is InChI=1S/C19H35N3O2/c1-5-10-20(4)19(24)17(16-8-6-7-9-16)21-11-13-22(14-12-21)18(23)15(2)3/h15-17H,5-14H2,1-4H3. The van der Waals surface area contributed by atoms with E-state index >= 15 is 0 Å². The molecular formula is C19H35N3O2. The molecule has 1 saturated carbocycles. The quantitative estimate of drug-likeness (QED) is 0.746. The van der Waals surface area contributed by atoms with E-state index in [2.05, 4.69) is 11.8 Å². The predicted molar refractivity (Wildman–Crippen MR) is 96.7 cm³/mol. The van der Waals surface area contributed by atoms with Gasteiger partial charge in [-0.05, 0) is 25.2 Å². The van der Waals surface area contributed by atoms with E-state index in [4.69, 9.17) is 0 Å². The first kappa shape index (κ1) is 19.2. The van der Waals surface area contributed by atoms with E-state index < -0.39 is 0 Å². The molecule has 0 bridgehead atoms. The Bertz CT molecular complexity index is 424. The van der Waals surface area contributed by atoms with E-state index in [9.17, 15) is 9.59 Å². The molecule has 24 heavy (non-hydrogen) atoms. The fraction of sp³-hybridized carbons (Fsp3) is 0.895. The van der Waals surface area contributed by atoms with Crippen LogP contribution in [0.15, 0.2) is 0 Å². The highest BCUT2D eigenvalue weighted by Gasteiger charge is 2.38. The summed E-state index contributed by atoms with van der Waals surface area (Å²) in [5, 5.41) is 0. The van der Waals surface area contributed by atoms with Crippen LogP contribution in [0, 0.1) is 11.8 Å². The Hall–Kier alpha value is -1.10. The van der Waals surface area contributed by atoms with E-state index in [1.54, 1.807) is 0 Å². The molecule has 5 nitrogen and oxygen atoms in total. The molecule has 1 unspecified atom stereocenters. The molecule has 1 aliphatic heterocycles. The second-order valence-corrected chi connectivity index (χ2v) is 7.77. The smallest absolute Gasteiger partial charge is 0.239 e. The van der Waals surface area contributed by atoms with Gasteiger partial charge in [0.2, 0.25) is 11.8 Å². The van der Waals surface area contributed by atoms with Crippen LogP contribution in [0.5, 0.6) is 0 Å². The maximum atomic E-state index is 13.0. The van der Waals surface area contributed by atoms with Gasteiger partial charge in [-0.25, -0.2) is 0 Å².